The Morgan fingerprint density at radius 1 is 1.32 bits per heavy atom. The highest BCUT2D eigenvalue weighted by Gasteiger charge is 2.11. The van der Waals surface area contributed by atoms with Gasteiger partial charge in [-0.2, -0.15) is 0 Å². The molecule has 1 aromatic heterocycles. The number of hydrogen-bond donors (Lipinski definition) is 2. The average Bonchev–Trinajstić information content (AvgIpc) is 2.33. The summed E-state index contributed by atoms with van der Waals surface area (Å²) in [6.45, 7) is 1.92. The van der Waals surface area contributed by atoms with Crippen LogP contribution in [0.25, 0.3) is 0 Å². The minimum absolute atomic E-state index is 0.284. The van der Waals surface area contributed by atoms with Gasteiger partial charge in [-0.3, -0.25) is 0 Å². The fourth-order valence-electron chi connectivity index (χ4n) is 1.68. The van der Waals surface area contributed by atoms with Gasteiger partial charge in [0.25, 0.3) is 0 Å². The molecule has 98 valence electrons. The van der Waals surface area contributed by atoms with E-state index in [0.717, 1.165) is 5.56 Å². The van der Waals surface area contributed by atoms with Gasteiger partial charge in [0.05, 0.1) is 16.3 Å². The van der Waals surface area contributed by atoms with Gasteiger partial charge in [0.2, 0.25) is 0 Å². The molecule has 19 heavy (non-hydrogen) atoms. The van der Waals surface area contributed by atoms with Crippen LogP contribution in [0.3, 0.4) is 0 Å². The van der Waals surface area contributed by atoms with Gasteiger partial charge in [-0.15, -0.1) is 0 Å². The number of aryl methyl sites for hydroxylation is 1. The maximum absolute atomic E-state index is 6.10. The molecule has 0 unspecified atom stereocenters. The molecule has 3 nitrogen and oxygen atoms in total. The van der Waals surface area contributed by atoms with Crippen LogP contribution in [0.2, 0.25) is 10.0 Å². The molecule has 0 radical (unpaired) electrons. The van der Waals surface area contributed by atoms with Crippen LogP contribution in [-0.4, -0.2) is 9.97 Å². The molecule has 0 aliphatic heterocycles. The maximum atomic E-state index is 6.10. The molecular formula is C13H11Cl2N3S. The minimum atomic E-state index is 0.284. The van der Waals surface area contributed by atoms with Crippen LogP contribution in [0.1, 0.15) is 11.1 Å². The monoisotopic (exact) mass is 311 g/mol. The number of halogens is 2. The molecule has 0 saturated carbocycles. The standard InChI is InChI=1S/C13H11Cl2N3S/c1-7-4-5-17-13(11(7)12(16)19)18-10-6-8(14)2-3-9(10)15/h2-6H,1H3,(H2,16,19)(H,17,18). The number of aromatic nitrogens is 1. The number of anilines is 2. The minimum Gasteiger partial charge on any atom is -0.389 e. The summed E-state index contributed by atoms with van der Waals surface area (Å²) in [6, 6.07) is 6.99. The predicted molar refractivity (Wildman–Crippen MR) is 84.6 cm³/mol. The number of hydrogen-bond acceptors (Lipinski definition) is 3. The first kappa shape index (κ1) is 14.1. The van der Waals surface area contributed by atoms with Gasteiger partial charge in [0, 0.05) is 11.2 Å². The second-order valence-electron chi connectivity index (χ2n) is 3.96. The van der Waals surface area contributed by atoms with E-state index < -0.39 is 0 Å². The zero-order valence-corrected chi connectivity index (χ0v) is 12.4. The van der Waals surface area contributed by atoms with Crippen LogP contribution < -0.4 is 11.1 Å². The zero-order chi connectivity index (χ0) is 14.0. The molecule has 0 atom stereocenters. The van der Waals surface area contributed by atoms with Crippen molar-refractivity contribution in [3.8, 4) is 0 Å². The van der Waals surface area contributed by atoms with Crippen molar-refractivity contribution in [1.29, 1.82) is 0 Å². The van der Waals surface area contributed by atoms with Crippen LogP contribution in [0.15, 0.2) is 30.5 Å². The summed E-state index contributed by atoms with van der Waals surface area (Å²) in [5.74, 6) is 0.566. The molecule has 0 amide bonds. The van der Waals surface area contributed by atoms with Crippen molar-refractivity contribution >= 4 is 51.9 Å². The number of thiocarbonyl (C=S) groups is 1. The Hall–Kier alpha value is -1.36. The molecule has 2 aromatic rings. The predicted octanol–water partition coefficient (Wildman–Crippen LogP) is 4.07. The van der Waals surface area contributed by atoms with E-state index in [1.165, 1.54) is 0 Å². The number of benzene rings is 1. The fourth-order valence-corrected chi connectivity index (χ4v) is 2.28. The van der Waals surface area contributed by atoms with E-state index >= 15 is 0 Å². The van der Waals surface area contributed by atoms with E-state index in [1.54, 1.807) is 24.4 Å². The molecule has 0 spiro atoms. The summed E-state index contributed by atoms with van der Waals surface area (Å²) in [6.07, 6.45) is 1.68. The third-order valence-corrected chi connectivity index (χ3v) is 3.36. The van der Waals surface area contributed by atoms with Crippen LogP contribution >= 0.6 is 35.4 Å². The third-order valence-electron chi connectivity index (χ3n) is 2.59. The second kappa shape index (κ2) is 5.74. The van der Waals surface area contributed by atoms with Gasteiger partial charge in [-0.25, -0.2) is 4.98 Å². The van der Waals surface area contributed by atoms with Crippen molar-refractivity contribution in [2.24, 2.45) is 5.73 Å². The van der Waals surface area contributed by atoms with Gasteiger partial charge in [-0.05, 0) is 36.8 Å². The van der Waals surface area contributed by atoms with E-state index in [0.29, 0.717) is 27.1 Å². The first-order valence-corrected chi connectivity index (χ1v) is 6.63. The van der Waals surface area contributed by atoms with Crippen molar-refractivity contribution in [1.82, 2.24) is 4.98 Å². The molecular weight excluding hydrogens is 301 g/mol. The molecule has 0 fully saturated rings. The summed E-state index contributed by atoms with van der Waals surface area (Å²) in [7, 11) is 0. The van der Waals surface area contributed by atoms with Crippen molar-refractivity contribution in [3.05, 3.63) is 51.6 Å². The molecule has 1 aromatic carbocycles. The molecule has 0 aliphatic carbocycles. The van der Waals surface area contributed by atoms with Crippen molar-refractivity contribution in [2.75, 3.05) is 5.32 Å². The Morgan fingerprint density at radius 2 is 2.05 bits per heavy atom. The lowest BCUT2D eigenvalue weighted by Crippen LogP contribution is -2.14. The van der Waals surface area contributed by atoms with Gasteiger partial charge < -0.3 is 11.1 Å². The van der Waals surface area contributed by atoms with E-state index in [9.17, 15) is 0 Å². The SMILES string of the molecule is Cc1ccnc(Nc2cc(Cl)ccc2Cl)c1C(N)=S. The van der Waals surface area contributed by atoms with E-state index in [-0.39, 0.29) is 4.99 Å². The number of pyridine rings is 1. The Morgan fingerprint density at radius 3 is 2.74 bits per heavy atom. The second-order valence-corrected chi connectivity index (χ2v) is 5.25. The number of nitrogens with two attached hydrogens (primary N) is 1. The average molecular weight is 312 g/mol. The Kier molecular flexibility index (Phi) is 4.24. The van der Waals surface area contributed by atoms with Crippen LogP contribution in [0.5, 0.6) is 0 Å². The van der Waals surface area contributed by atoms with Gasteiger partial charge >= 0.3 is 0 Å². The summed E-state index contributed by atoms with van der Waals surface area (Å²) in [4.78, 5) is 4.53. The molecule has 2 rings (SSSR count). The summed E-state index contributed by atoms with van der Waals surface area (Å²) in [5.41, 5.74) is 8.04. The lowest BCUT2D eigenvalue weighted by molar-refractivity contribution is 1.26. The highest BCUT2D eigenvalue weighted by atomic mass is 35.5. The van der Waals surface area contributed by atoms with Crippen LogP contribution in [0, 0.1) is 6.92 Å². The normalized spacial score (nSPS) is 10.3. The van der Waals surface area contributed by atoms with E-state index in [1.807, 2.05) is 13.0 Å². The Bertz CT molecular complexity index is 644. The smallest absolute Gasteiger partial charge is 0.140 e. The van der Waals surface area contributed by atoms with Crippen molar-refractivity contribution in [3.63, 3.8) is 0 Å². The highest BCUT2D eigenvalue weighted by Crippen LogP contribution is 2.29. The zero-order valence-electron chi connectivity index (χ0n) is 10.1. The highest BCUT2D eigenvalue weighted by molar-refractivity contribution is 7.80. The summed E-state index contributed by atoms with van der Waals surface area (Å²) in [5, 5.41) is 4.23. The van der Waals surface area contributed by atoms with Crippen LogP contribution in [0.4, 0.5) is 11.5 Å². The summed E-state index contributed by atoms with van der Waals surface area (Å²) >= 11 is 17.1. The maximum Gasteiger partial charge on any atom is 0.140 e. The summed E-state index contributed by atoms with van der Waals surface area (Å²) < 4.78 is 0. The number of nitrogens with one attached hydrogen (secondary N) is 1. The molecule has 0 saturated heterocycles. The van der Waals surface area contributed by atoms with Crippen molar-refractivity contribution < 1.29 is 0 Å². The first-order chi connectivity index (χ1) is 8.99. The van der Waals surface area contributed by atoms with Crippen molar-refractivity contribution in [2.45, 2.75) is 6.92 Å². The largest absolute Gasteiger partial charge is 0.389 e. The molecule has 6 heteroatoms. The Labute approximate surface area is 126 Å². The molecule has 1 heterocycles. The Balaban J connectivity index is 2.46. The van der Waals surface area contributed by atoms with Crippen LogP contribution in [-0.2, 0) is 0 Å². The van der Waals surface area contributed by atoms with Gasteiger partial charge in [-0.1, -0.05) is 35.4 Å². The lowest BCUT2D eigenvalue weighted by atomic mass is 10.1. The third kappa shape index (κ3) is 3.15. The molecule has 0 bridgehead atoms. The lowest BCUT2D eigenvalue weighted by Gasteiger charge is -2.13. The van der Waals surface area contributed by atoms with E-state index in [2.05, 4.69) is 10.3 Å². The topological polar surface area (TPSA) is 50.9 Å². The number of nitrogens with zero attached hydrogens (tertiary/aromatic N) is 1. The fraction of sp³-hybridized carbons (Fsp3) is 0.0769. The van der Waals surface area contributed by atoms with Gasteiger partial charge in [0.15, 0.2) is 0 Å². The first-order valence-electron chi connectivity index (χ1n) is 5.46. The van der Waals surface area contributed by atoms with Gasteiger partial charge in [0.1, 0.15) is 10.8 Å². The van der Waals surface area contributed by atoms with E-state index in [4.69, 9.17) is 41.2 Å². The molecule has 0 aliphatic rings. The quantitative estimate of drug-likeness (QED) is 0.839. The molecule has 3 N–H and O–H groups in total. The number of rotatable bonds is 3.